The van der Waals surface area contributed by atoms with Crippen molar-refractivity contribution in [2.24, 2.45) is 0 Å². The molecule has 2 rings (SSSR count). The molecule has 0 spiro atoms. The number of hydrogen-bond acceptors (Lipinski definition) is 3. The molecule has 1 N–H and O–H groups in total. The minimum atomic E-state index is -0.383. The maximum Gasteiger partial charge on any atom is 0.271 e. The highest BCUT2D eigenvalue weighted by molar-refractivity contribution is 5.77. The van der Waals surface area contributed by atoms with E-state index in [0.29, 0.717) is 0 Å². The third-order valence-electron chi connectivity index (χ3n) is 3.80. The van der Waals surface area contributed by atoms with Crippen molar-refractivity contribution in [2.75, 3.05) is 0 Å². The number of nitrogens with one attached hydrogen (secondary N) is 1. The standard InChI is InChI=1S/C17H23N3O2/c1-2-3-4-5-6-7-8-9-10-17-18-15-12-11-14(20(21)22)13-16(15)19-17/h2,11-13H,1,3-10H2,(H,18,19). The fourth-order valence-electron chi connectivity index (χ4n) is 2.57. The summed E-state index contributed by atoms with van der Waals surface area (Å²) in [6.45, 7) is 3.73. The van der Waals surface area contributed by atoms with E-state index in [1.54, 1.807) is 12.1 Å². The summed E-state index contributed by atoms with van der Waals surface area (Å²) in [5, 5.41) is 10.8. The fourth-order valence-corrected chi connectivity index (χ4v) is 2.57. The molecule has 0 atom stereocenters. The van der Waals surface area contributed by atoms with Crippen LogP contribution < -0.4 is 0 Å². The molecule has 0 unspecified atom stereocenters. The molecule has 0 aliphatic carbocycles. The third-order valence-corrected chi connectivity index (χ3v) is 3.80. The van der Waals surface area contributed by atoms with Gasteiger partial charge in [0.25, 0.3) is 5.69 Å². The molecule has 0 aliphatic heterocycles. The van der Waals surface area contributed by atoms with E-state index in [1.807, 2.05) is 6.08 Å². The quantitative estimate of drug-likeness (QED) is 0.293. The van der Waals surface area contributed by atoms with E-state index in [0.717, 1.165) is 36.1 Å². The molecule has 5 heteroatoms. The van der Waals surface area contributed by atoms with Crippen molar-refractivity contribution < 1.29 is 4.92 Å². The van der Waals surface area contributed by atoms with Crippen LogP contribution in [0.2, 0.25) is 0 Å². The van der Waals surface area contributed by atoms with Gasteiger partial charge >= 0.3 is 0 Å². The summed E-state index contributed by atoms with van der Waals surface area (Å²) in [6, 6.07) is 4.74. The first-order valence-corrected chi connectivity index (χ1v) is 7.94. The van der Waals surface area contributed by atoms with E-state index < -0.39 is 0 Å². The van der Waals surface area contributed by atoms with Crippen LogP contribution in [0.4, 0.5) is 5.69 Å². The molecule has 1 aromatic carbocycles. The maximum absolute atomic E-state index is 10.8. The Morgan fingerprint density at radius 3 is 2.64 bits per heavy atom. The highest BCUT2D eigenvalue weighted by Gasteiger charge is 2.09. The van der Waals surface area contributed by atoms with E-state index in [1.165, 1.54) is 38.2 Å². The van der Waals surface area contributed by atoms with E-state index in [2.05, 4.69) is 16.5 Å². The molecule has 0 saturated carbocycles. The van der Waals surface area contributed by atoms with Gasteiger partial charge in [-0.3, -0.25) is 10.1 Å². The van der Waals surface area contributed by atoms with Gasteiger partial charge in [-0.05, 0) is 25.3 Å². The van der Waals surface area contributed by atoms with E-state index in [-0.39, 0.29) is 10.6 Å². The van der Waals surface area contributed by atoms with Crippen LogP contribution >= 0.6 is 0 Å². The van der Waals surface area contributed by atoms with Gasteiger partial charge in [0.05, 0.1) is 16.0 Å². The summed E-state index contributed by atoms with van der Waals surface area (Å²) in [5.74, 6) is 0.919. The normalized spacial score (nSPS) is 10.9. The zero-order valence-corrected chi connectivity index (χ0v) is 12.9. The van der Waals surface area contributed by atoms with Crippen LogP contribution in [0.5, 0.6) is 0 Å². The summed E-state index contributed by atoms with van der Waals surface area (Å²) >= 11 is 0. The van der Waals surface area contributed by atoms with Crippen molar-refractivity contribution in [1.29, 1.82) is 0 Å². The Morgan fingerprint density at radius 2 is 1.91 bits per heavy atom. The molecule has 2 aromatic rings. The third kappa shape index (κ3) is 4.69. The number of benzene rings is 1. The number of nitro groups is 1. The van der Waals surface area contributed by atoms with Crippen LogP contribution in [0.25, 0.3) is 11.0 Å². The number of unbranched alkanes of at least 4 members (excludes halogenated alkanes) is 6. The van der Waals surface area contributed by atoms with Crippen molar-refractivity contribution in [3.63, 3.8) is 0 Å². The van der Waals surface area contributed by atoms with Crippen molar-refractivity contribution in [1.82, 2.24) is 9.97 Å². The largest absolute Gasteiger partial charge is 0.342 e. The van der Waals surface area contributed by atoms with Gasteiger partial charge in [-0.15, -0.1) is 6.58 Å². The molecule has 0 saturated heterocycles. The molecule has 0 radical (unpaired) electrons. The van der Waals surface area contributed by atoms with Crippen LogP contribution in [0, 0.1) is 10.1 Å². The second-order valence-corrected chi connectivity index (χ2v) is 5.59. The molecule has 118 valence electrons. The number of aromatic amines is 1. The lowest BCUT2D eigenvalue weighted by atomic mass is 10.1. The number of non-ortho nitro benzene ring substituents is 1. The molecular weight excluding hydrogens is 278 g/mol. The lowest BCUT2D eigenvalue weighted by molar-refractivity contribution is -0.384. The molecular formula is C17H23N3O2. The number of imidazole rings is 1. The maximum atomic E-state index is 10.8. The number of allylic oxidation sites excluding steroid dienone is 1. The van der Waals surface area contributed by atoms with Crippen molar-refractivity contribution >= 4 is 16.7 Å². The molecule has 0 aliphatic rings. The van der Waals surface area contributed by atoms with E-state index in [9.17, 15) is 10.1 Å². The number of rotatable bonds is 10. The van der Waals surface area contributed by atoms with Gasteiger partial charge in [0, 0.05) is 18.6 Å². The Morgan fingerprint density at radius 1 is 1.18 bits per heavy atom. The highest BCUT2D eigenvalue weighted by atomic mass is 16.6. The summed E-state index contributed by atoms with van der Waals surface area (Å²) in [4.78, 5) is 18.0. The minimum Gasteiger partial charge on any atom is -0.342 e. The Labute approximate surface area is 130 Å². The first-order chi connectivity index (χ1) is 10.7. The summed E-state index contributed by atoms with van der Waals surface area (Å²) in [6.07, 6.45) is 11.3. The first kappa shape index (κ1) is 16.2. The molecule has 0 fully saturated rings. The molecule has 0 amide bonds. The molecule has 1 heterocycles. The van der Waals surface area contributed by atoms with Crippen LogP contribution in [-0.2, 0) is 6.42 Å². The Bertz CT molecular complexity index is 634. The first-order valence-electron chi connectivity index (χ1n) is 7.94. The van der Waals surface area contributed by atoms with Gasteiger partial charge in [-0.1, -0.05) is 31.8 Å². The smallest absolute Gasteiger partial charge is 0.271 e. The number of aryl methyl sites for hydroxylation is 1. The zero-order chi connectivity index (χ0) is 15.8. The lowest BCUT2D eigenvalue weighted by Gasteiger charge is -1.99. The second-order valence-electron chi connectivity index (χ2n) is 5.59. The number of hydrogen-bond donors (Lipinski definition) is 1. The second kappa shape index (κ2) is 8.32. The Hall–Kier alpha value is -2.17. The van der Waals surface area contributed by atoms with Crippen molar-refractivity contribution in [2.45, 2.75) is 51.4 Å². The highest BCUT2D eigenvalue weighted by Crippen LogP contribution is 2.19. The van der Waals surface area contributed by atoms with Gasteiger partial charge < -0.3 is 4.98 Å². The molecule has 1 aromatic heterocycles. The SMILES string of the molecule is C=CCCCCCCCCc1nc2ccc([N+](=O)[O-])cc2[nH]1. The average Bonchev–Trinajstić information content (AvgIpc) is 2.91. The summed E-state index contributed by atoms with van der Waals surface area (Å²) in [7, 11) is 0. The Kier molecular flexibility index (Phi) is 6.13. The van der Waals surface area contributed by atoms with Gasteiger partial charge in [0.2, 0.25) is 0 Å². The average molecular weight is 301 g/mol. The predicted octanol–water partition coefficient (Wildman–Crippen LogP) is 4.93. The van der Waals surface area contributed by atoms with Gasteiger partial charge in [0.1, 0.15) is 5.82 Å². The van der Waals surface area contributed by atoms with E-state index >= 15 is 0 Å². The number of aromatic nitrogens is 2. The molecule has 0 bridgehead atoms. The number of fused-ring (bicyclic) bond motifs is 1. The van der Waals surface area contributed by atoms with Crippen molar-refractivity contribution in [3.05, 3.63) is 46.8 Å². The minimum absolute atomic E-state index is 0.0993. The van der Waals surface area contributed by atoms with Crippen LogP contribution in [0.3, 0.4) is 0 Å². The van der Waals surface area contributed by atoms with Gasteiger partial charge in [-0.2, -0.15) is 0 Å². The lowest BCUT2D eigenvalue weighted by Crippen LogP contribution is -1.88. The number of nitrogens with zero attached hydrogens (tertiary/aromatic N) is 2. The van der Waals surface area contributed by atoms with Crippen LogP contribution in [0.1, 0.15) is 50.8 Å². The zero-order valence-electron chi connectivity index (χ0n) is 12.9. The van der Waals surface area contributed by atoms with E-state index in [4.69, 9.17) is 0 Å². The topological polar surface area (TPSA) is 71.8 Å². The van der Waals surface area contributed by atoms with Gasteiger partial charge in [-0.25, -0.2) is 4.98 Å². The van der Waals surface area contributed by atoms with Crippen molar-refractivity contribution in [3.8, 4) is 0 Å². The monoisotopic (exact) mass is 301 g/mol. The molecule has 22 heavy (non-hydrogen) atoms. The summed E-state index contributed by atoms with van der Waals surface area (Å²) < 4.78 is 0. The Balaban J connectivity index is 1.75. The predicted molar refractivity (Wildman–Crippen MR) is 89.0 cm³/mol. The summed E-state index contributed by atoms with van der Waals surface area (Å²) in [5.41, 5.74) is 1.64. The number of nitro benzene ring substituents is 1. The van der Waals surface area contributed by atoms with Gasteiger partial charge in [0.15, 0.2) is 0 Å². The van der Waals surface area contributed by atoms with Crippen LogP contribution in [0.15, 0.2) is 30.9 Å². The number of H-pyrrole nitrogens is 1. The molecule has 5 nitrogen and oxygen atoms in total. The fraction of sp³-hybridized carbons (Fsp3) is 0.471. The van der Waals surface area contributed by atoms with Crippen LogP contribution in [-0.4, -0.2) is 14.9 Å².